The lowest BCUT2D eigenvalue weighted by molar-refractivity contribution is -0.120. The molecule has 16 heavy (non-hydrogen) atoms. The predicted octanol–water partition coefficient (Wildman–Crippen LogP) is 1.36. The lowest BCUT2D eigenvalue weighted by Crippen LogP contribution is -2.38. The van der Waals surface area contributed by atoms with Crippen molar-refractivity contribution in [3.05, 3.63) is 24.5 Å². The van der Waals surface area contributed by atoms with E-state index >= 15 is 0 Å². The highest BCUT2D eigenvalue weighted by Gasteiger charge is 2.23. The summed E-state index contributed by atoms with van der Waals surface area (Å²) in [7, 11) is 1.71. The number of aromatic nitrogens is 1. The summed E-state index contributed by atoms with van der Waals surface area (Å²) in [5, 5.41) is 0. The largest absolute Gasteiger partial charge is 0.393 e. The van der Waals surface area contributed by atoms with Gasteiger partial charge in [0.05, 0.1) is 10.9 Å². The molecule has 0 saturated carbocycles. The minimum Gasteiger partial charge on any atom is -0.393 e. The maximum atomic E-state index is 12.1. The molecule has 0 aliphatic carbocycles. The Hall–Kier alpha value is -1.49. The Morgan fingerprint density at radius 2 is 2.12 bits per heavy atom. The number of rotatable bonds is 4. The first kappa shape index (κ1) is 12.6. The molecular formula is C11H15N3OS. The van der Waals surface area contributed by atoms with Crippen molar-refractivity contribution in [1.29, 1.82) is 0 Å². The van der Waals surface area contributed by atoms with Gasteiger partial charge < -0.3 is 10.6 Å². The summed E-state index contributed by atoms with van der Waals surface area (Å²) in [4.78, 5) is 17.7. The molecule has 0 aromatic carbocycles. The Balaban J connectivity index is 2.86. The first-order valence-corrected chi connectivity index (χ1v) is 5.45. The number of amides is 1. The fourth-order valence-corrected chi connectivity index (χ4v) is 1.69. The maximum absolute atomic E-state index is 12.1. The monoisotopic (exact) mass is 237 g/mol. The Morgan fingerprint density at radius 1 is 1.56 bits per heavy atom. The second-order valence-electron chi connectivity index (χ2n) is 3.47. The van der Waals surface area contributed by atoms with E-state index in [1.807, 2.05) is 6.92 Å². The summed E-state index contributed by atoms with van der Waals surface area (Å²) in [5.41, 5.74) is 6.32. The standard InChI is InChI=1S/C11H15N3OS/c1-3-9(10(12)16)11(15)14(2)8-4-6-13-7-5-8/h4-7,9H,3H2,1-2H3,(H2,12,16). The van der Waals surface area contributed by atoms with Crippen molar-refractivity contribution in [1.82, 2.24) is 4.98 Å². The van der Waals surface area contributed by atoms with Gasteiger partial charge in [0, 0.05) is 25.1 Å². The topological polar surface area (TPSA) is 59.2 Å². The number of thiocarbonyl (C=S) groups is 1. The molecule has 2 N–H and O–H groups in total. The van der Waals surface area contributed by atoms with Crippen LogP contribution < -0.4 is 10.6 Å². The van der Waals surface area contributed by atoms with Crippen LogP contribution in [0.5, 0.6) is 0 Å². The van der Waals surface area contributed by atoms with Crippen LogP contribution in [0.2, 0.25) is 0 Å². The van der Waals surface area contributed by atoms with Gasteiger partial charge in [-0.25, -0.2) is 0 Å². The zero-order valence-corrected chi connectivity index (χ0v) is 10.2. The van der Waals surface area contributed by atoms with E-state index in [2.05, 4.69) is 4.98 Å². The van der Waals surface area contributed by atoms with E-state index in [0.717, 1.165) is 5.69 Å². The van der Waals surface area contributed by atoms with Gasteiger partial charge in [-0.2, -0.15) is 0 Å². The summed E-state index contributed by atoms with van der Waals surface area (Å²) in [6.45, 7) is 1.89. The SMILES string of the molecule is CCC(C(=O)N(C)c1ccncc1)C(N)=S. The van der Waals surface area contributed by atoms with Crippen LogP contribution in [0.4, 0.5) is 5.69 Å². The van der Waals surface area contributed by atoms with Gasteiger partial charge >= 0.3 is 0 Å². The lowest BCUT2D eigenvalue weighted by atomic mass is 10.1. The van der Waals surface area contributed by atoms with Crippen LogP contribution in [0.3, 0.4) is 0 Å². The van der Waals surface area contributed by atoms with E-state index in [0.29, 0.717) is 6.42 Å². The zero-order valence-electron chi connectivity index (χ0n) is 9.38. The van der Waals surface area contributed by atoms with Gasteiger partial charge in [0.1, 0.15) is 0 Å². The van der Waals surface area contributed by atoms with Crippen molar-refractivity contribution in [3.8, 4) is 0 Å². The van der Waals surface area contributed by atoms with Crippen molar-refractivity contribution in [2.45, 2.75) is 13.3 Å². The maximum Gasteiger partial charge on any atom is 0.236 e. The molecule has 1 atom stereocenters. The van der Waals surface area contributed by atoms with Crippen molar-refractivity contribution in [3.63, 3.8) is 0 Å². The summed E-state index contributed by atoms with van der Waals surface area (Å²) < 4.78 is 0. The Bertz CT molecular complexity index is 380. The molecule has 0 aliphatic heterocycles. The molecule has 1 heterocycles. The fraction of sp³-hybridized carbons (Fsp3) is 0.364. The van der Waals surface area contributed by atoms with Gasteiger partial charge in [-0.3, -0.25) is 9.78 Å². The summed E-state index contributed by atoms with van der Waals surface area (Å²) in [5.74, 6) is -0.477. The van der Waals surface area contributed by atoms with E-state index in [4.69, 9.17) is 18.0 Å². The minimum atomic E-state index is -0.395. The minimum absolute atomic E-state index is 0.0822. The molecule has 0 radical (unpaired) electrons. The number of carbonyl (C=O) groups is 1. The first-order valence-electron chi connectivity index (χ1n) is 5.04. The molecule has 1 aromatic rings. The molecule has 0 saturated heterocycles. The van der Waals surface area contributed by atoms with E-state index < -0.39 is 5.92 Å². The average molecular weight is 237 g/mol. The number of hydrogen-bond donors (Lipinski definition) is 1. The van der Waals surface area contributed by atoms with Gasteiger partial charge in [-0.05, 0) is 18.6 Å². The fourth-order valence-electron chi connectivity index (χ4n) is 1.43. The number of carbonyl (C=O) groups excluding carboxylic acids is 1. The molecule has 1 amide bonds. The van der Waals surface area contributed by atoms with Gasteiger partial charge in [-0.1, -0.05) is 19.1 Å². The van der Waals surface area contributed by atoms with Crippen LogP contribution in [0.15, 0.2) is 24.5 Å². The molecule has 0 bridgehead atoms. The van der Waals surface area contributed by atoms with Gasteiger partial charge in [0.25, 0.3) is 0 Å². The zero-order chi connectivity index (χ0) is 12.1. The predicted molar refractivity (Wildman–Crippen MR) is 68.2 cm³/mol. The van der Waals surface area contributed by atoms with Crippen molar-refractivity contribution >= 4 is 28.8 Å². The second kappa shape index (κ2) is 5.55. The second-order valence-corrected chi connectivity index (χ2v) is 3.94. The van der Waals surface area contributed by atoms with E-state index in [1.54, 1.807) is 36.5 Å². The average Bonchev–Trinajstić information content (AvgIpc) is 2.29. The van der Waals surface area contributed by atoms with Crippen molar-refractivity contribution in [2.24, 2.45) is 11.7 Å². The third kappa shape index (κ3) is 2.76. The van der Waals surface area contributed by atoms with Crippen LogP contribution in [-0.2, 0) is 4.79 Å². The molecule has 0 fully saturated rings. The third-order valence-electron chi connectivity index (χ3n) is 2.43. The van der Waals surface area contributed by atoms with Crippen LogP contribution >= 0.6 is 12.2 Å². The molecule has 4 nitrogen and oxygen atoms in total. The highest BCUT2D eigenvalue weighted by molar-refractivity contribution is 7.80. The Kier molecular flexibility index (Phi) is 4.37. The van der Waals surface area contributed by atoms with E-state index in [9.17, 15) is 4.79 Å². The number of nitrogens with two attached hydrogens (primary N) is 1. The first-order chi connectivity index (χ1) is 7.57. The molecular weight excluding hydrogens is 222 g/mol. The quantitative estimate of drug-likeness (QED) is 0.803. The summed E-state index contributed by atoms with van der Waals surface area (Å²) in [6, 6.07) is 3.54. The molecule has 0 aliphatic rings. The summed E-state index contributed by atoms with van der Waals surface area (Å²) in [6.07, 6.45) is 3.89. The van der Waals surface area contributed by atoms with Gasteiger partial charge in [0.2, 0.25) is 5.91 Å². The number of nitrogens with zero attached hydrogens (tertiary/aromatic N) is 2. The van der Waals surface area contributed by atoms with Gasteiger partial charge in [0.15, 0.2) is 0 Å². The lowest BCUT2D eigenvalue weighted by Gasteiger charge is -2.22. The Labute approximate surface area is 100 Å². The molecule has 0 spiro atoms. The number of hydrogen-bond acceptors (Lipinski definition) is 3. The Morgan fingerprint density at radius 3 is 2.56 bits per heavy atom. The van der Waals surface area contributed by atoms with Crippen LogP contribution in [0.25, 0.3) is 0 Å². The molecule has 86 valence electrons. The normalized spacial score (nSPS) is 11.9. The van der Waals surface area contributed by atoms with Crippen LogP contribution in [0.1, 0.15) is 13.3 Å². The number of anilines is 1. The van der Waals surface area contributed by atoms with Crippen molar-refractivity contribution in [2.75, 3.05) is 11.9 Å². The molecule has 1 rings (SSSR count). The number of pyridine rings is 1. The molecule has 1 unspecified atom stereocenters. The highest BCUT2D eigenvalue weighted by atomic mass is 32.1. The van der Waals surface area contributed by atoms with E-state index in [-0.39, 0.29) is 10.9 Å². The highest BCUT2D eigenvalue weighted by Crippen LogP contribution is 2.15. The molecule has 5 heteroatoms. The van der Waals surface area contributed by atoms with Crippen LogP contribution in [-0.4, -0.2) is 22.9 Å². The van der Waals surface area contributed by atoms with E-state index in [1.165, 1.54) is 0 Å². The molecule has 1 aromatic heterocycles. The third-order valence-corrected chi connectivity index (χ3v) is 2.71. The smallest absolute Gasteiger partial charge is 0.236 e. The van der Waals surface area contributed by atoms with Gasteiger partial charge in [-0.15, -0.1) is 0 Å². The van der Waals surface area contributed by atoms with Crippen LogP contribution in [0, 0.1) is 5.92 Å². The summed E-state index contributed by atoms with van der Waals surface area (Å²) >= 11 is 4.88. The van der Waals surface area contributed by atoms with Crippen molar-refractivity contribution < 1.29 is 4.79 Å².